The molecule has 174 valence electrons. The van der Waals surface area contributed by atoms with Crippen LogP contribution in [-0.2, 0) is 24.2 Å². The molecule has 0 unspecified atom stereocenters. The van der Waals surface area contributed by atoms with Crippen LogP contribution in [0.4, 0.5) is 0 Å². The summed E-state index contributed by atoms with van der Waals surface area (Å²) in [6, 6.07) is 8.68. The number of amides is 2. The largest absolute Gasteiger partial charge is 0.287 e. The number of carbonyl (C=O) groups is 2. The smallest absolute Gasteiger partial charge is 0.269 e. The van der Waals surface area contributed by atoms with Crippen molar-refractivity contribution in [2.75, 3.05) is 5.75 Å². The Balaban J connectivity index is 1.47. The highest BCUT2D eigenvalue weighted by molar-refractivity contribution is 7.99. The molecule has 0 bridgehead atoms. The van der Waals surface area contributed by atoms with Crippen LogP contribution in [0.2, 0.25) is 0 Å². The molecule has 1 aliphatic rings. The molecule has 33 heavy (non-hydrogen) atoms. The summed E-state index contributed by atoms with van der Waals surface area (Å²) < 4.78 is 1.74. The molecule has 2 aromatic heterocycles. The summed E-state index contributed by atoms with van der Waals surface area (Å²) in [6.07, 6.45) is 7.26. The third kappa shape index (κ3) is 5.47. The molecule has 0 radical (unpaired) electrons. The van der Waals surface area contributed by atoms with Crippen LogP contribution < -0.4 is 16.4 Å². The van der Waals surface area contributed by atoms with Crippen LogP contribution >= 0.6 is 23.1 Å². The molecule has 0 saturated heterocycles. The van der Waals surface area contributed by atoms with E-state index in [2.05, 4.69) is 17.8 Å². The summed E-state index contributed by atoms with van der Waals surface area (Å²) in [7, 11) is 0. The van der Waals surface area contributed by atoms with Crippen LogP contribution in [-0.4, -0.2) is 27.1 Å². The van der Waals surface area contributed by atoms with Crippen LogP contribution in [0.15, 0.2) is 40.3 Å². The van der Waals surface area contributed by atoms with Gasteiger partial charge in [-0.25, -0.2) is 4.98 Å². The SMILES string of the molecule is CCCCCCn1c(SCC(=O)NNC(=O)c2ccccc2)nc2sc3c(c2c1=O)CCC3. The highest BCUT2D eigenvalue weighted by atomic mass is 32.2. The fraction of sp³-hybridized carbons (Fsp3) is 0.417. The van der Waals surface area contributed by atoms with Crippen molar-refractivity contribution in [3.8, 4) is 0 Å². The monoisotopic (exact) mass is 484 g/mol. The standard InChI is InChI=1S/C24H28N4O3S2/c1-2-3-4-8-14-28-23(31)20-17-12-9-13-18(17)33-22(20)25-24(28)32-15-19(29)26-27-21(30)16-10-6-5-7-11-16/h5-7,10-11H,2-4,8-9,12-15H2,1H3,(H,26,29)(H,27,30). The average Bonchev–Trinajstić information content (AvgIpc) is 3.41. The van der Waals surface area contributed by atoms with Crippen molar-refractivity contribution >= 4 is 45.1 Å². The van der Waals surface area contributed by atoms with Crippen LogP contribution in [0.3, 0.4) is 0 Å². The van der Waals surface area contributed by atoms with Crippen LogP contribution in [0.1, 0.15) is 59.8 Å². The van der Waals surface area contributed by atoms with E-state index in [1.807, 2.05) is 6.07 Å². The molecule has 7 nitrogen and oxygen atoms in total. The minimum atomic E-state index is -0.380. The van der Waals surface area contributed by atoms with E-state index in [-0.39, 0.29) is 23.1 Å². The molecule has 0 saturated carbocycles. The molecule has 1 aliphatic carbocycles. The number of fused-ring (bicyclic) bond motifs is 3. The second kappa shape index (κ2) is 11.0. The lowest BCUT2D eigenvalue weighted by molar-refractivity contribution is -0.119. The van der Waals surface area contributed by atoms with Crippen molar-refractivity contribution in [1.82, 2.24) is 20.4 Å². The zero-order valence-corrected chi connectivity index (χ0v) is 20.3. The summed E-state index contributed by atoms with van der Waals surface area (Å²) in [5.74, 6) is -0.688. The summed E-state index contributed by atoms with van der Waals surface area (Å²) >= 11 is 2.84. The number of aryl methyl sites for hydroxylation is 2. The Labute approximate surface area is 201 Å². The van der Waals surface area contributed by atoms with Crippen molar-refractivity contribution in [2.24, 2.45) is 0 Å². The van der Waals surface area contributed by atoms with E-state index in [1.54, 1.807) is 40.2 Å². The van der Waals surface area contributed by atoms with Gasteiger partial charge in [0, 0.05) is 17.0 Å². The molecule has 3 aromatic rings. The zero-order chi connectivity index (χ0) is 23.2. The highest BCUT2D eigenvalue weighted by Gasteiger charge is 2.23. The van der Waals surface area contributed by atoms with Gasteiger partial charge in [-0.2, -0.15) is 0 Å². The number of aromatic nitrogens is 2. The Morgan fingerprint density at radius 2 is 1.94 bits per heavy atom. The van der Waals surface area contributed by atoms with Crippen LogP contribution in [0, 0.1) is 0 Å². The molecule has 0 fully saturated rings. The van der Waals surface area contributed by atoms with E-state index in [9.17, 15) is 14.4 Å². The second-order valence-corrected chi connectivity index (χ2v) is 10.1. The summed E-state index contributed by atoms with van der Waals surface area (Å²) in [5, 5.41) is 1.33. The maximum Gasteiger partial charge on any atom is 0.269 e. The van der Waals surface area contributed by atoms with Crippen molar-refractivity contribution in [3.05, 3.63) is 56.7 Å². The quantitative estimate of drug-likeness (QED) is 0.207. The van der Waals surface area contributed by atoms with Gasteiger partial charge in [0.15, 0.2) is 5.16 Å². The Kier molecular flexibility index (Phi) is 7.82. The lowest BCUT2D eigenvalue weighted by Gasteiger charge is -2.12. The fourth-order valence-corrected chi connectivity index (χ4v) is 6.14. The third-order valence-corrected chi connectivity index (χ3v) is 7.87. The van der Waals surface area contributed by atoms with Gasteiger partial charge in [-0.05, 0) is 43.4 Å². The Bertz CT molecular complexity index is 1200. The van der Waals surface area contributed by atoms with Crippen LogP contribution in [0.25, 0.3) is 10.2 Å². The van der Waals surface area contributed by atoms with E-state index in [1.165, 1.54) is 22.2 Å². The molecule has 0 spiro atoms. The number of hydrogen-bond acceptors (Lipinski definition) is 6. The topological polar surface area (TPSA) is 93.1 Å². The van der Waals surface area contributed by atoms with Gasteiger partial charge in [-0.15, -0.1) is 11.3 Å². The van der Waals surface area contributed by atoms with Crippen molar-refractivity contribution < 1.29 is 9.59 Å². The predicted octanol–water partition coefficient (Wildman–Crippen LogP) is 4.08. The lowest BCUT2D eigenvalue weighted by atomic mass is 10.2. The number of thiophene rings is 1. The number of hydrogen-bond donors (Lipinski definition) is 2. The molecule has 2 amide bonds. The Morgan fingerprint density at radius 1 is 1.12 bits per heavy atom. The molecule has 0 atom stereocenters. The molecular formula is C24H28N4O3S2. The number of unbranched alkanes of at least 4 members (excludes halogenated alkanes) is 3. The maximum absolute atomic E-state index is 13.4. The first-order chi connectivity index (χ1) is 16.1. The van der Waals surface area contributed by atoms with Gasteiger partial charge in [0.1, 0.15) is 4.83 Å². The number of hydrazine groups is 1. The minimum Gasteiger partial charge on any atom is -0.287 e. The number of nitrogens with one attached hydrogen (secondary N) is 2. The highest BCUT2D eigenvalue weighted by Crippen LogP contribution is 2.35. The van der Waals surface area contributed by atoms with Gasteiger partial charge in [0.25, 0.3) is 11.5 Å². The summed E-state index contributed by atoms with van der Waals surface area (Å²) in [4.78, 5) is 44.7. The molecular weight excluding hydrogens is 456 g/mol. The molecule has 1 aromatic carbocycles. The van der Waals surface area contributed by atoms with E-state index in [0.717, 1.165) is 55.2 Å². The molecule has 4 rings (SSSR count). The Hall–Kier alpha value is -2.65. The van der Waals surface area contributed by atoms with Crippen molar-refractivity contribution in [3.63, 3.8) is 0 Å². The normalized spacial score (nSPS) is 12.6. The number of thioether (sulfide) groups is 1. The van der Waals surface area contributed by atoms with Gasteiger partial charge in [-0.1, -0.05) is 56.1 Å². The average molecular weight is 485 g/mol. The summed E-state index contributed by atoms with van der Waals surface area (Å²) in [6.45, 7) is 2.76. The predicted molar refractivity (Wildman–Crippen MR) is 133 cm³/mol. The van der Waals surface area contributed by atoms with Gasteiger partial charge in [0.2, 0.25) is 5.91 Å². The maximum atomic E-state index is 13.4. The third-order valence-electron chi connectivity index (χ3n) is 5.71. The van der Waals surface area contributed by atoms with E-state index in [4.69, 9.17) is 4.98 Å². The number of nitrogens with zero attached hydrogens (tertiary/aromatic N) is 2. The minimum absolute atomic E-state index is 0.0104. The molecule has 0 aliphatic heterocycles. The number of carbonyl (C=O) groups excluding carboxylic acids is 2. The first-order valence-corrected chi connectivity index (χ1v) is 13.2. The van der Waals surface area contributed by atoms with E-state index in [0.29, 0.717) is 17.3 Å². The van der Waals surface area contributed by atoms with Crippen LogP contribution in [0.5, 0.6) is 0 Å². The summed E-state index contributed by atoms with van der Waals surface area (Å²) in [5.41, 5.74) is 6.51. The zero-order valence-electron chi connectivity index (χ0n) is 18.7. The first-order valence-electron chi connectivity index (χ1n) is 11.4. The van der Waals surface area contributed by atoms with E-state index >= 15 is 0 Å². The molecule has 9 heteroatoms. The van der Waals surface area contributed by atoms with Gasteiger partial charge in [0.05, 0.1) is 11.1 Å². The van der Waals surface area contributed by atoms with Gasteiger partial charge >= 0.3 is 0 Å². The molecule has 2 N–H and O–H groups in total. The Morgan fingerprint density at radius 3 is 2.73 bits per heavy atom. The first kappa shape index (κ1) is 23.5. The van der Waals surface area contributed by atoms with Crippen molar-refractivity contribution in [1.29, 1.82) is 0 Å². The van der Waals surface area contributed by atoms with Crippen molar-refractivity contribution in [2.45, 2.75) is 63.6 Å². The second-order valence-electron chi connectivity index (χ2n) is 8.11. The number of rotatable bonds is 9. The fourth-order valence-electron chi connectivity index (χ4n) is 4.02. The van der Waals surface area contributed by atoms with Gasteiger partial charge in [-0.3, -0.25) is 29.8 Å². The van der Waals surface area contributed by atoms with E-state index < -0.39 is 0 Å². The molecule has 2 heterocycles. The lowest BCUT2D eigenvalue weighted by Crippen LogP contribution is -2.42. The number of benzene rings is 1. The van der Waals surface area contributed by atoms with Gasteiger partial charge < -0.3 is 0 Å².